The van der Waals surface area contributed by atoms with Crippen molar-refractivity contribution in [3.63, 3.8) is 0 Å². The number of alkyl halides is 1. The van der Waals surface area contributed by atoms with Crippen LogP contribution in [0.2, 0.25) is 0 Å². The first-order valence-corrected chi connectivity index (χ1v) is 9.73. The lowest BCUT2D eigenvalue weighted by atomic mass is 9.98. The van der Waals surface area contributed by atoms with Crippen LogP contribution >= 0.6 is 7.60 Å². The summed E-state index contributed by atoms with van der Waals surface area (Å²) in [6, 6.07) is 10.7. The van der Waals surface area contributed by atoms with Gasteiger partial charge < -0.3 is 9.05 Å². The molecule has 0 bridgehead atoms. The van der Waals surface area contributed by atoms with Crippen molar-refractivity contribution in [1.29, 1.82) is 0 Å². The molecule has 0 N–H and O–H groups in total. The SMILES string of the molecule is O=P(Oc1ccccc1F)(Oc1ccccc1F)C1CCCCC1F. The van der Waals surface area contributed by atoms with Gasteiger partial charge in [0, 0.05) is 0 Å². The van der Waals surface area contributed by atoms with Crippen LogP contribution in [0.1, 0.15) is 25.7 Å². The van der Waals surface area contributed by atoms with Crippen LogP contribution in [0.5, 0.6) is 11.5 Å². The highest BCUT2D eigenvalue weighted by atomic mass is 31.2. The quantitative estimate of drug-likeness (QED) is 0.615. The molecule has 1 aliphatic rings. The second kappa shape index (κ2) is 7.52. The highest BCUT2D eigenvalue weighted by Crippen LogP contribution is 2.58. The summed E-state index contributed by atoms with van der Waals surface area (Å²) in [5.41, 5.74) is -1.07. The number of para-hydroxylation sites is 2. The van der Waals surface area contributed by atoms with Crippen LogP contribution in [-0.2, 0) is 4.57 Å². The molecule has 2 unspecified atom stereocenters. The minimum atomic E-state index is -4.20. The average Bonchev–Trinajstić information content (AvgIpc) is 2.59. The van der Waals surface area contributed by atoms with Crippen molar-refractivity contribution in [2.24, 2.45) is 0 Å². The highest BCUT2D eigenvalue weighted by Gasteiger charge is 2.46. The van der Waals surface area contributed by atoms with E-state index in [1.54, 1.807) is 0 Å². The molecule has 3 rings (SSSR count). The van der Waals surface area contributed by atoms with Crippen LogP contribution in [-0.4, -0.2) is 11.8 Å². The number of halogens is 3. The molecule has 25 heavy (non-hydrogen) atoms. The van der Waals surface area contributed by atoms with Gasteiger partial charge in [-0.2, -0.15) is 0 Å². The molecule has 0 aromatic heterocycles. The fourth-order valence-electron chi connectivity index (χ4n) is 2.89. The molecule has 2 aromatic rings. The zero-order chi connectivity index (χ0) is 17.9. The third-order valence-electron chi connectivity index (χ3n) is 4.18. The van der Waals surface area contributed by atoms with Gasteiger partial charge in [-0.1, -0.05) is 37.1 Å². The Balaban J connectivity index is 1.97. The molecule has 0 amide bonds. The predicted molar refractivity (Wildman–Crippen MR) is 88.8 cm³/mol. The maximum absolute atomic E-state index is 14.4. The maximum Gasteiger partial charge on any atom is 0.436 e. The molecule has 0 aliphatic heterocycles. The normalized spacial score (nSPS) is 20.9. The number of hydrogen-bond donors (Lipinski definition) is 0. The van der Waals surface area contributed by atoms with Gasteiger partial charge in [0.2, 0.25) is 0 Å². The van der Waals surface area contributed by atoms with E-state index in [0.717, 1.165) is 12.1 Å². The molecule has 0 saturated heterocycles. The van der Waals surface area contributed by atoms with Gasteiger partial charge in [0.15, 0.2) is 23.1 Å². The third-order valence-corrected chi connectivity index (χ3v) is 6.47. The molecule has 7 heteroatoms. The maximum atomic E-state index is 14.4. The van der Waals surface area contributed by atoms with Crippen LogP contribution < -0.4 is 9.05 Å². The van der Waals surface area contributed by atoms with Crippen LogP contribution in [0, 0.1) is 11.6 Å². The Labute approximate surface area is 144 Å². The van der Waals surface area contributed by atoms with Gasteiger partial charge in [0.1, 0.15) is 11.8 Å². The second-order valence-electron chi connectivity index (χ2n) is 5.95. The molecular formula is C18H18F3O3P. The summed E-state index contributed by atoms with van der Waals surface area (Å²) in [7, 11) is -4.20. The molecule has 0 spiro atoms. The third kappa shape index (κ3) is 4.01. The minimum absolute atomic E-state index is 0.218. The summed E-state index contributed by atoms with van der Waals surface area (Å²) >= 11 is 0. The Morgan fingerprint density at radius 2 is 1.32 bits per heavy atom. The van der Waals surface area contributed by atoms with Gasteiger partial charge in [-0.15, -0.1) is 0 Å². The largest absolute Gasteiger partial charge is 0.436 e. The fourth-order valence-corrected chi connectivity index (χ4v) is 5.08. The van der Waals surface area contributed by atoms with Crippen molar-refractivity contribution in [2.75, 3.05) is 0 Å². The van der Waals surface area contributed by atoms with Crippen LogP contribution in [0.3, 0.4) is 0 Å². The van der Waals surface area contributed by atoms with Crippen molar-refractivity contribution in [3.05, 3.63) is 60.2 Å². The Morgan fingerprint density at radius 3 is 1.80 bits per heavy atom. The molecule has 1 aliphatic carbocycles. The van der Waals surface area contributed by atoms with Gasteiger partial charge in [-0.25, -0.2) is 17.7 Å². The summed E-state index contributed by atoms with van der Waals surface area (Å²) in [6.45, 7) is 0. The summed E-state index contributed by atoms with van der Waals surface area (Å²) < 4.78 is 66.4. The lowest BCUT2D eigenvalue weighted by Crippen LogP contribution is -2.30. The molecule has 2 aromatic carbocycles. The molecule has 1 fully saturated rings. The Bertz CT molecular complexity index is 732. The first kappa shape index (κ1) is 17.9. The molecule has 1 saturated carbocycles. The smallest absolute Gasteiger partial charge is 0.413 e. The standard InChI is InChI=1S/C18H18F3O3P/c19-13-7-1-4-10-16(13)23-25(22,18-12-6-3-9-15(18)21)24-17-11-5-2-8-14(17)20/h1-2,4-5,7-8,10-11,15,18H,3,6,9,12H2. The van der Waals surface area contributed by atoms with Gasteiger partial charge >= 0.3 is 7.60 Å². The van der Waals surface area contributed by atoms with Crippen molar-refractivity contribution in [2.45, 2.75) is 37.5 Å². The number of rotatable bonds is 5. The minimum Gasteiger partial charge on any atom is -0.413 e. The summed E-state index contributed by atoms with van der Waals surface area (Å²) in [4.78, 5) is 0. The fraction of sp³-hybridized carbons (Fsp3) is 0.333. The van der Waals surface area contributed by atoms with E-state index in [1.807, 2.05) is 0 Å². The first-order chi connectivity index (χ1) is 12.0. The van der Waals surface area contributed by atoms with E-state index in [0.29, 0.717) is 12.8 Å². The first-order valence-electron chi connectivity index (χ1n) is 8.11. The van der Waals surface area contributed by atoms with E-state index in [2.05, 4.69) is 0 Å². The van der Waals surface area contributed by atoms with E-state index in [9.17, 15) is 17.7 Å². The zero-order valence-electron chi connectivity index (χ0n) is 13.4. The van der Waals surface area contributed by atoms with Crippen molar-refractivity contribution < 1.29 is 26.8 Å². The van der Waals surface area contributed by atoms with Gasteiger partial charge in [0.05, 0.1) is 0 Å². The molecule has 0 heterocycles. The average molecular weight is 370 g/mol. The van der Waals surface area contributed by atoms with E-state index < -0.39 is 31.1 Å². The zero-order valence-corrected chi connectivity index (χ0v) is 14.3. The van der Waals surface area contributed by atoms with Crippen molar-refractivity contribution >= 4 is 7.60 Å². The predicted octanol–water partition coefficient (Wildman–Crippen LogP) is 5.90. The van der Waals surface area contributed by atoms with Crippen LogP contribution in [0.15, 0.2) is 48.5 Å². The van der Waals surface area contributed by atoms with Gasteiger partial charge in [-0.05, 0) is 37.1 Å². The topological polar surface area (TPSA) is 35.5 Å². The van der Waals surface area contributed by atoms with E-state index in [4.69, 9.17) is 9.05 Å². The molecule has 134 valence electrons. The number of hydrogen-bond acceptors (Lipinski definition) is 3. The summed E-state index contributed by atoms with van der Waals surface area (Å²) in [5.74, 6) is -2.10. The summed E-state index contributed by atoms with van der Waals surface area (Å²) in [5, 5.41) is 0. The molecule has 0 radical (unpaired) electrons. The summed E-state index contributed by atoms with van der Waals surface area (Å²) in [6.07, 6.45) is 0.378. The van der Waals surface area contributed by atoms with Crippen LogP contribution in [0.4, 0.5) is 13.2 Å². The number of benzene rings is 2. The Hall–Kier alpha value is -1.94. The van der Waals surface area contributed by atoms with Crippen molar-refractivity contribution in [3.8, 4) is 11.5 Å². The van der Waals surface area contributed by atoms with E-state index in [1.165, 1.54) is 36.4 Å². The van der Waals surface area contributed by atoms with Gasteiger partial charge in [0.25, 0.3) is 0 Å². The molecular weight excluding hydrogens is 352 g/mol. The van der Waals surface area contributed by atoms with Gasteiger partial charge in [-0.3, -0.25) is 0 Å². The van der Waals surface area contributed by atoms with Crippen LogP contribution in [0.25, 0.3) is 0 Å². The van der Waals surface area contributed by atoms with Crippen molar-refractivity contribution in [1.82, 2.24) is 0 Å². The Morgan fingerprint density at radius 1 is 0.840 bits per heavy atom. The molecule has 2 atom stereocenters. The Kier molecular flexibility index (Phi) is 5.38. The highest BCUT2D eigenvalue weighted by molar-refractivity contribution is 7.55. The lowest BCUT2D eigenvalue weighted by Gasteiger charge is -2.32. The lowest BCUT2D eigenvalue weighted by molar-refractivity contribution is 0.228. The second-order valence-corrected chi connectivity index (χ2v) is 8.06. The molecule has 3 nitrogen and oxygen atoms in total. The monoisotopic (exact) mass is 370 g/mol. The van der Waals surface area contributed by atoms with E-state index >= 15 is 0 Å². The van der Waals surface area contributed by atoms with E-state index in [-0.39, 0.29) is 24.3 Å².